The number of β-amino-alcohol motifs (C(OH)–C–C–N with tert-alkyl or cyclic N) is 1. The molecule has 53 heavy (non-hydrogen) atoms. The van der Waals surface area contributed by atoms with Crippen LogP contribution in [0.1, 0.15) is 73.3 Å². The van der Waals surface area contributed by atoms with Gasteiger partial charge >= 0.3 is 0 Å². The maximum atomic E-state index is 14.2. The highest BCUT2D eigenvalue weighted by atomic mass is 19.1. The number of hydrogen-bond donors (Lipinski definition) is 3. The predicted octanol–water partition coefficient (Wildman–Crippen LogP) is 3.24. The maximum absolute atomic E-state index is 14.2. The number of ether oxygens (including phenoxy) is 2. The van der Waals surface area contributed by atoms with Crippen LogP contribution in [0.25, 0.3) is 0 Å². The van der Waals surface area contributed by atoms with Crippen molar-refractivity contribution in [2.24, 2.45) is 23.7 Å². The molecule has 1 aliphatic heterocycles. The normalized spacial score (nSPS) is 20.2. The van der Waals surface area contributed by atoms with Gasteiger partial charge in [-0.25, -0.2) is 8.78 Å². The zero-order valence-electron chi connectivity index (χ0n) is 33.8. The lowest BCUT2D eigenvalue weighted by molar-refractivity contribution is -0.148. The molecule has 0 bridgehead atoms. The molecule has 0 unspecified atom stereocenters. The minimum absolute atomic E-state index is 0.0124. The summed E-state index contributed by atoms with van der Waals surface area (Å²) in [6.07, 6.45) is -1.71. The van der Waals surface area contributed by atoms with Gasteiger partial charge in [-0.15, -0.1) is 0 Å². The molecule has 0 aliphatic carbocycles. The van der Waals surface area contributed by atoms with Crippen LogP contribution in [0, 0.1) is 35.3 Å². The van der Waals surface area contributed by atoms with E-state index >= 15 is 0 Å². The number of halogens is 2. The van der Waals surface area contributed by atoms with Gasteiger partial charge in [0.1, 0.15) is 17.7 Å². The number of methoxy groups -OCH3 is 2. The van der Waals surface area contributed by atoms with Crippen LogP contribution in [-0.2, 0) is 35.1 Å². The number of hydrogen-bond acceptors (Lipinski definition) is 8. The fraction of sp³-hybridized carbons (Fsp3) is 0.744. The molecule has 1 fully saturated rings. The van der Waals surface area contributed by atoms with Crippen LogP contribution in [0.3, 0.4) is 0 Å². The largest absolute Gasteiger partial charge is 0.391 e. The highest BCUT2D eigenvalue weighted by molar-refractivity contribution is 5.90. The molecule has 2 rings (SSSR count). The Labute approximate surface area is 315 Å². The molecular weight excluding hydrogens is 688 g/mol. The fourth-order valence-electron chi connectivity index (χ4n) is 7.65. The van der Waals surface area contributed by atoms with Crippen molar-refractivity contribution < 1.29 is 42.5 Å². The van der Waals surface area contributed by atoms with Gasteiger partial charge in [0.25, 0.3) is 0 Å². The van der Waals surface area contributed by atoms with Gasteiger partial charge in [0.05, 0.1) is 48.8 Å². The van der Waals surface area contributed by atoms with E-state index in [1.165, 1.54) is 25.2 Å². The molecule has 0 radical (unpaired) electrons. The molecule has 4 amide bonds. The molecule has 0 saturated carbocycles. The van der Waals surface area contributed by atoms with E-state index in [0.29, 0.717) is 6.42 Å². The Morgan fingerprint density at radius 3 is 2.06 bits per heavy atom. The van der Waals surface area contributed by atoms with E-state index in [-0.39, 0.29) is 73.4 Å². The molecule has 1 aliphatic rings. The Hall–Kier alpha value is -3.20. The lowest BCUT2D eigenvalue weighted by Crippen LogP contribution is -2.59. The van der Waals surface area contributed by atoms with Crippen LogP contribution in [0.2, 0.25) is 0 Å². The van der Waals surface area contributed by atoms with E-state index in [1.54, 1.807) is 18.9 Å². The molecule has 302 valence electrons. The summed E-state index contributed by atoms with van der Waals surface area (Å²) in [5.74, 6) is -3.75. The van der Waals surface area contributed by atoms with Crippen LogP contribution in [0.15, 0.2) is 18.2 Å². The van der Waals surface area contributed by atoms with Crippen LogP contribution in [0.4, 0.5) is 8.78 Å². The van der Waals surface area contributed by atoms with E-state index in [1.807, 2.05) is 60.5 Å². The number of carbonyl (C=O) groups is 4. The summed E-state index contributed by atoms with van der Waals surface area (Å²) < 4.78 is 39.9. The summed E-state index contributed by atoms with van der Waals surface area (Å²) in [6, 6.07) is 1.16. The predicted molar refractivity (Wildman–Crippen MR) is 200 cm³/mol. The number of benzene rings is 1. The van der Waals surface area contributed by atoms with E-state index in [4.69, 9.17) is 9.47 Å². The minimum Gasteiger partial charge on any atom is -0.391 e. The van der Waals surface area contributed by atoms with Crippen LogP contribution < -0.4 is 10.6 Å². The van der Waals surface area contributed by atoms with Gasteiger partial charge < -0.3 is 35.0 Å². The molecule has 1 saturated heterocycles. The number of likely N-dealkylation sites (N-methyl/N-ethyl adjacent to an activating group) is 2. The van der Waals surface area contributed by atoms with Crippen molar-refractivity contribution in [3.8, 4) is 0 Å². The molecule has 1 aromatic carbocycles. The van der Waals surface area contributed by atoms with Crippen molar-refractivity contribution in [3.63, 3.8) is 0 Å². The SMILES string of the molecule is CC[C@H](C)[C@@H]([C@@H](CC(=O)N1C[C@@H](O)C[C@H]1[C@H](OC)[C@@H](C)C(=O)NCCc1c(F)cccc1F)OC)N(C)C(=O)[C@@H](NC(=O)[C@H](C(C)C)N(C)C)C(C)C. The van der Waals surface area contributed by atoms with Crippen LogP contribution >= 0.6 is 0 Å². The molecule has 3 N–H and O–H groups in total. The summed E-state index contributed by atoms with van der Waals surface area (Å²) in [4.78, 5) is 59.9. The number of aliphatic hydroxyl groups is 1. The average Bonchev–Trinajstić information content (AvgIpc) is 3.48. The van der Waals surface area contributed by atoms with E-state index in [9.17, 15) is 33.1 Å². The van der Waals surface area contributed by atoms with Gasteiger partial charge in [0.2, 0.25) is 23.6 Å². The summed E-state index contributed by atoms with van der Waals surface area (Å²) >= 11 is 0. The lowest BCUT2D eigenvalue weighted by atomic mass is 9.89. The maximum Gasteiger partial charge on any atom is 0.245 e. The second-order valence-corrected chi connectivity index (χ2v) is 15.4. The second-order valence-electron chi connectivity index (χ2n) is 15.4. The first-order valence-electron chi connectivity index (χ1n) is 18.8. The molecule has 12 nitrogen and oxygen atoms in total. The Balaban J connectivity index is 2.26. The topological polar surface area (TPSA) is 141 Å². The van der Waals surface area contributed by atoms with Crippen LogP contribution in [-0.4, -0.2) is 134 Å². The monoisotopic (exact) mass is 753 g/mol. The highest BCUT2D eigenvalue weighted by Gasteiger charge is 2.45. The second kappa shape index (κ2) is 21.0. The third-order valence-electron chi connectivity index (χ3n) is 10.7. The lowest BCUT2D eigenvalue weighted by Gasteiger charge is -2.41. The first kappa shape index (κ1) is 46.0. The first-order valence-corrected chi connectivity index (χ1v) is 18.8. The molecular formula is C39H65F2N5O7. The van der Waals surface area contributed by atoms with Crippen molar-refractivity contribution >= 4 is 23.6 Å². The standard InChI is InChI=1S/C39H65F2N5O7/c1-13-24(6)35(45(10)39(51)33(22(2)3)43-38(50)34(23(4)5)44(8)9)31(52-11)20-32(48)46-21-26(47)19-30(46)36(53-12)25(7)37(49)42-18-17-27-28(40)15-14-16-29(27)41/h14-16,22-26,30-31,33-36,47H,13,17-21H2,1-12H3,(H,42,49)(H,43,50)/t24-,25+,26-,30-,31+,33-,34-,35-,36+/m0/s1. The van der Waals surface area contributed by atoms with E-state index < -0.39 is 65.9 Å². The number of nitrogens with one attached hydrogen (secondary N) is 2. The number of likely N-dealkylation sites (tertiary alicyclic amines) is 1. The summed E-state index contributed by atoms with van der Waals surface area (Å²) in [5.41, 5.74) is -0.122. The van der Waals surface area contributed by atoms with Crippen LogP contribution in [0.5, 0.6) is 0 Å². The zero-order valence-corrected chi connectivity index (χ0v) is 33.8. The van der Waals surface area contributed by atoms with E-state index in [0.717, 1.165) is 12.1 Å². The highest BCUT2D eigenvalue weighted by Crippen LogP contribution is 2.30. The number of rotatable bonds is 20. The first-order chi connectivity index (χ1) is 24.8. The Kier molecular flexibility index (Phi) is 18.2. The minimum atomic E-state index is -0.858. The summed E-state index contributed by atoms with van der Waals surface area (Å²) in [7, 11) is 8.25. The molecule has 14 heteroatoms. The smallest absolute Gasteiger partial charge is 0.245 e. The number of carbonyl (C=O) groups excluding carboxylic acids is 4. The van der Waals surface area contributed by atoms with E-state index in [2.05, 4.69) is 10.6 Å². The molecule has 9 atom stereocenters. The number of aliphatic hydroxyl groups excluding tert-OH is 1. The van der Waals surface area contributed by atoms with Crippen molar-refractivity contribution in [3.05, 3.63) is 35.4 Å². The summed E-state index contributed by atoms with van der Waals surface area (Å²) in [6.45, 7) is 13.3. The Morgan fingerprint density at radius 2 is 1.57 bits per heavy atom. The molecule has 1 heterocycles. The number of amides is 4. The zero-order chi connectivity index (χ0) is 40.3. The Morgan fingerprint density at radius 1 is 0.962 bits per heavy atom. The van der Waals surface area contributed by atoms with Crippen molar-refractivity contribution in [1.82, 2.24) is 25.3 Å². The van der Waals surface area contributed by atoms with Gasteiger partial charge in [-0.2, -0.15) is 0 Å². The van der Waals surface area contributed by atoms with Crippen molar-refractivity contribution in [2.75, 3.05) is 48.5 Å². The average molecular weight is 754 g/mol. The molecule has 0 spiro atoms. The van der Waals surface area contributed by atoms with Gasteiger partial charge in [0.15, 0.2) is 0 Å². The fourth-order valence-corrected chi connectivity index (χ4v) is 7.65. The van der Waals surface area contributed by atoms with Crippen molar-refractivity contribution in [2.45, 2.75) is 117 Å². The van der Waals surface area contributed by atoms with Gasteiger partial charge in [-0.3, -0.25) is 24.1 Å². The van der Waals surface area contributed by atoms with Gasteiger partial charge in [-0.05, 0) is 56.8 Å². The molecule has 1 aromatic rings. The third-order valence-corrected chi connectivity index (χ3v) is 10.7. The third kappa shape index (κ3) is 11.9. The van der Waals surface area contributed by atoms with Crippen molar-refractivity contribution in [1.29, 1.82) is 0 Å². The van der Waals surface area contributed by atoms with Gasteiger partial charge in [0, 0.05) is 39.9 Å². The quantitative estimate of drug-likeness (QED) is 0.185. The molecule has 0 aromatic heterocycles. The number of nitrogens with zero attached hydrogens (tertiary/aromatic N) is 3. The summed E-state index contributed by atoms with van der Waals surface area (Å²) in [5, 5.41) is 16.5. The van der Waals surface area contributed by atoms with Gasteiger partial charge in [-0.1, -0.05) is 61.0 Å². The Bertz CT molecular complexity index is 1340.